The molecule has 0 aliphatic carbocycles. The monoisotopic (exact) mass is 1040 g/mol. The van der Waals surface area contributed by atoms with E-state index in [1.54, 1.807) is 50.2 Å². The molecule has 5 rings (SSSR count). The smallest absolute Gasteiger partial charge is 0.338 e. The van der Waals surface area contributed by atoms with Crippen molar-refractivity contribution in [3.05, 3.63) is 130 Å². The summed E-state index contributed by atoms with van der Waals surface area (Å²) in [4.78, 5) is 24.2. The molecule has 0 spiro atoms. The third kappa shape index (κ3) is 17.7. The summed E-state index contributed by atoms with van der Waals surface area (Å²) in [6, 6.07) is 24.1. The molecule has 0 saturated carbocycles. The standard InChI is InChI=1S/C32H39NO10S2.C17H21NO5S2/c1-20-15-23(9-10-24(20)19-40-30-14-12-26(44(7,36)37)17-28(30)33-45(8,38)39)31(35)41-18-21(2)42-25-11-13-29(43-22(3)34)27(16-25)32(4,5)6;1-12-5-6-13(2)14(9-12)11-23-17-8-7-15(24(3,19)20)10-16(17)18-25(4,21)22/h9-17,21,33H,18-19H2,1-8H3;5-10,18H,11H2,1-4H3. The summed E-state index contributed by atoms with van der Waals surface area (Å²) in [6.45, 7) is 15.1. The highest BCUT2D eigenvalue weighted by Gasteiger charge is 2.23. The van der Waals surface area contributed by atoms with Crippen molar-refractivity contribution in [3.8, 4) is 23.0 Å². The van der Waals surface area contributed by atoms with Crippen LogP contribution in [0.3, 0.4) is 0 Å². The quantitative estimate of drug-likeness (QED) is 0.0627. The van der Waals surface area contributed by atoms with Gasteiger partial charge in [-0.05, 0) is 122 Å². The number of carbonyl (C=O) groups is 2. The van der Waals surface area contributed by atoms with Gasteiger partial charge in [-0.25, -0.2) is 38.5 Å². The minimum absolute atomic E-state index is 0.00965. The van der Waals surface area contributed by atoms with E-state index in [-0.39, 0.29) is 57.9 Å². The normalized spacial score (nSPS) is 12.4. The summed E-state index contributed by atoms with van der Waals surface area (Å²) < 4.78 is 127. The summed E-state index contributed by atoms with van der Waals surface area (Å²) in [5, 5.41) is 0. The molecule has 0 bridgehead atoms. The summed E-state index contributed by atoms with van der Waals surface area (Å²) in [7, 11) is -14.3. The highest BCUT2D eigenvalue weighted by atomic mass is 32.2. The second-order valence-corrected chi connectivity index (χ2v) is 25.3. The molecule has 1 unspecified atom stereocenters. The molecule has 0 aromatic heterocycles. The second kappa shape index (κ2) is 22.7. The predicted octanol–water partition coefficient (Wildman–Crippen LogP) is 7.85. The lowest BCUT2D eigenvalue weighted by atomic mass is 9.86. The van der Waals surface area contributed by atoms with Gasteiger partial charge in [-0.3, -0.25) is 14.2 Å². The van der Waals surface area contributed by atoms with Crippen LogP contribution in [0.2, 0.25) is 0 Å². The van der Waals surface area contributed by atoms with Crippen molar-refractivity contribution < 1.29 is 66.9 Å². The zero-order valence-corrected chi connectivity index (χ0v) is 44.4. The Morgan fingerprint density at radius 3 is 1.59 bits per heavy atom. The molecule has 21 heteroatoms. The zero-order valence-electron chi connectivity index (χ0n) is 41.1. The van der Waals surface area contributed by atoms with Crippen LogP contribution in [0.5, 0.6) is 23.0 Å². The van der Waals surface area contributed by atoms with E-state index in [9.17, 15) is 43.3 Å². The van der Waals surface area contributed by atoms with Gasteiger partial charge in [-0.1, -0.05) is 50.6 Å². The molecule has 0 heterocycles. The van der Waals surface area contributed by atoms with Gasteiger partial charge < -0.3 is 23.7 Å². The first-order valence-corrected chi connectivity index (χ1v) is 29.0. The minimum Gasteiger partial charge on any atom is -0.487 e. The highest BCUT2D eigenvalue weighted by Crippen LogP contribution is 2.35. The summed E-state index contributed by atoms with van der Waals surface area (Å²) in [5.41, 5.74) is 5.44. The van der Waals surface area contributed by atoms with Gasteiger partial charge in [0.05, 0.1) is 39.2 Å². The van der Waals surface area contributed by atoms with E-state index in [1.165, 1.54) is 43.3 Å². The number of hydrogen-bond acceptors (Lipinski definition) is 15. The molecule has 70 heavy (non-hydrogen) atoms. The van der Waals surface area contributed by atoms with Gasteiger partial charge in [0.15, 0.2) is 19.7 Å². The van der Waals surface area contributed by atoms with E-state index in [0.717, 1.165) is 52.8 Å². The van der Waals surface area contributed by atoms with Crippen LogP contribution in [0, 0.1) is 20.8 Å². The van der Waals surface area contributed by atoms with Gasteiger partial charge in [-0.2, -0.15) is 0 Å². The summed E-state index contributed by atoms with van der Waals surface area (Å²) in [5.74, 6) is 0.445. The Morgan fingerprint density at radius 2 is 1.11 bits per heavy atom. The highest BCUT2D eigenvalue weighted by molar-refractivity contribution is 7.92. The molecular weight excluding hydrogens is 985 g/mol. The summed E-state index contributed by atoms with van der Waals surface area (Å²) >= 11 is 0. The SMILES string of the molecule is CC(=O)Oc1ccc(OC(C)COC(=O)c2ccc(COc3ccc(S(C)(=O)=O)cc3NS(C)(=O)=O)c(C)c2)cc1C(C)(C)C.Cc1ccc(C)c(COc2ccc(S(C)(=O)=O)cc2NS(C)(=O)=O)c1. The number of aryl methyl sites for hydroxylation is 3. The van der Waals surface area contributed by atoms with E-state index < -0.39 is 57.8 Å². The molecular formula is C49H60N2O15S4. The number of hydrogen-bond donors (Lipinski definition) is 2. The van der Waals surface area contributed by atoms with Crippen molar-refractivity contribution in [2.75, 3.05) is 41.1 Å². The van der Waals surface area contributed by atoms with Crippen molar-refractivity contribution in [1.29, 1.82) is 0 Å². The molecule has 0 aliphatic rings. The van der Waals surface area contributed by atoms with E-state index in [1.807, 2.05) is 52.8 Å². The van der Waals surface area contributed by atoms with E-state index in [4.69, 9.17) is 23.7 Å². The zero-order chi connectivity index (χ0) is 52.6. The van der Waals surface area contributed by atoms with Crippen LogP contribution in [0.1, 0.15) is 78.4 Å². The lowest BCUT2D eigenvalue weighted by Crippen LogP contribution is -2.22. The van der Waals surface area contributed by atoms with Crippen LogP contribution in [0.15, 0.2) is 101 Å². The maximum Gasteiger partial charge on any atom is 0.338 e. The van der Waals surface area contributed by atoms with Gasteiger partial charge in [0, 0.05) is 25.0 Å². The molecule has 0 fully saturated rings. The molecule has 1 atom stereocenters. The second-order valence-electron chi connectivity index (χ2n) is 17.8. The third-order valence-electron chi connectivity index (χ3n) is 10.00. The Balaban J connectivity index is 0.000000359. The number of nitrogens with one attached hydrogen (secondary N) is 2. The fourth-order valence-corrected chi connectivity index (χ4v) is 8.91. The molecule has 0 saturated heterocycles. The van der Waals surface area contributed by atoms with E-state index >= 15 is 0 Å². The first-order valence-electron chi connectivity index (χ1n) is 21.4. The predicted molar refractivity (Wildman–Crippen MR) is 269 cm³/mol. The Hall–Kier alpha value is -6.16. The molecule has 5 aromatic rings. The Morgan fingerprint density at radius 1 is 0.600 bits per heavy atom. The van der Waals surface area contributed by atoms with Crippen LogP contribution in [0.4, 0.5) is 11.4 Å². The number of sulfone groups is 2. The van der Waals surface area contributed by atoms with Crippen molar-refractivity contribution in [1.82, 2.24) is 0 Å². The average molecular weight is 1050 g/mol. The lowest BCUT2D eigenvalue weighted by molar-refractivity contribution is -0.132. The first-order chi connectivity index (χ1) is 32.2. The van der Waals surface area contributed by atoms with Crippen molar-refractivity contribution >= 4 is 63.0 Å². The van der Waals surface area contributed by atoms with Crippen molar-refractivity contribution in [3.63, 3.8) is 0 Å². The van der Waals surface area contributed by atoms with Gasteiger partial charge >= 0.3 is 11.9 Å². The fraction of sp³-hybridized carbons (Fsp3) is 0.347. The van der Waals surface area contributed by atoms with Crippen molar-refractivity contribution in [2.45, 2.75) is 89.9 Å². The number of rotatable bonds is 18. The van der Waals surface area contributed by atoms with E-state index in [2.05, 4.69) is 9.44 Å². The number of carbonyl (C=O) groups excluding carboxylic acids is 2. The van der Waals surface area contributed by atoms with Gasteiger partial charge in [0.25, 0.3) is 0 Å². The molecule has 0 aliphatic heterocycles. The number of sulfonamides is 2. The topological polar surface area (TPSA) is 241 Å². The van der Waals surface area contributed by atoms with Crippen LogP contribution < -0.4 is 28.4 Å². The molecule has 2 N–H and O–H groups in total. The van der Waals surface area contributed by atoms with Crippen LogP contribution in [-0.4, -0.2) is 83.3 Å². The van der Waals surface area contributed by atoms with E-state index in [0.29, 0.717) is 22.6 Å². The number of ether oxygens (including phenoxy) is 5. The van der Waals surface area contributed by atoms with Gasteiger partial charge in [0.2, 0.25) is 20.0 Å². The number of esters is 2. The third-order valence-corrected chi connectivity index (χ3v) is 13.4. The number of benzene rings is 5. The fourth-order valence-electron chi connectivity index (χ4n) is 6.50. The molecule has 5 aromatic carbocycles. The first kappa shape index (κ1) is 56.4. The lowest BCUT2D eigenvalue weighted by Gasteiger charge is -2.24. The number of anilines is 2. The maximum absolute atomic E-state index is 12.8. The molecule has 17 nitrogen and oxygen atoms in total. The van der Waals surface area contributed by atoms with Gasteiger partial charge in [0.1, 0.15) is 48.9 Å². The van der Waals surface area contributed by atoms with Crippen molar-refractivity contribution in [2.24, 2.45) is 0 Å². The van der Waals surface area contributed by atoms with Gasteiger partial charge in [-0.15, -0.1) is 0 Å². The summed E-state index contributed by atoms with van der Waals surface area (Å²) in [6.07, 6.45) is 3.55. The minimum atomic E-state index is -3.71. The van der Waals surface area contributed by atoms with Crippen LogP contribution in [0.25, 0.3) is 0 Å². The Kier molecular flexibility index (Phi) is 18.3. The van der Waals surface area contributed by atoms with Crippen LogP contribution in [-0.2, 0) is 67.9 Å². The van der Waals surface area contributed by atoms with Crippen LogP contribution >= 0.6 is 0 Å². The maximum atomic E-state index is 12.8. The largest absolute Gasteiger partial charge is 0.487 e. The Bertz CT molecular complexity index is 3200. The molecule has 0 amide bonds. The Labute approximate surface area is 411 Å². The molecule has 0 radical (unpaired) electrons. The molecule has 380 valence electrons. The average Bonchev–Trinajstić information content (AvgIpc) is 3.21.